The van der Waals surface area contributed by atoms with Crippen LogP contribution in [-0.2, 0) is 11.2 Å². The normalized spacial score (nSPS) is 10.8. The SMILES string of the molecule is CCOc1ccc(-n2c(Cc3ccccc3)nnc2SCC(=O)Nc2ccc(Cl)cc2Cl)cc1. The molecule has 0 aliphatic rings. The van der Waals surface area contributed by atoms with Gasteiger partial charge in [0.2, 0.25) is 5.91 Å². The zero-order valence-corrected chi connectivity index (χ0v) is 20.7. The first-order valence-electron chi connectivity index (χ1n) is 10.6. The van der Waals surface area contributed by atoms with Crippen molar-refractivity contribution in [2.75, 3.05) is 17.7 Å². The Morgan fingerprint density at radius 2 is 1.79 bits per heavy atom. The summed E-state index contributed by atoms with van der Waals surface area (Å²) in [5.41, 5.74) is 2.52. The van der Waals surface area contributed by atoms with E-state index in [1.165, 1.54) is 11.8 Å². The number of hydrogen-bond donors (Lipinski definition) is 1. The minimum Gasteiger partial charge on any atom is -0.494 e. The Bertz CT molecular complexity index is 1260. The fraction of sp³-hybridized carbons (Fsp3) is 0.160. The van der Waals surface area contributed by atoms with E-state index in [4.69, 9.17) is 27.9 Å². The van der Waals surface area contributed by atoms with Crippen molar-refractivity contribution < 1.29 is 9.53 Å². The van der Waals surface area contributed by atoms with Gasteiger partial charge in [-0.2, -0.15) is 0 Å². The van der Waals surface area contributed by atoms with Crippen LogP contribution >= 0.6 is 35.0 Å². The summed E-state index contributed by atoms with van der Waals surface area (Å²) in [5.74, 6) is 1.50. The number of nitrogens with zero attached hydrogens (tertiary/aromatic N) is 3. The van der Waals surface area contributed by atoms with Crippen molar-refractivity contribution in [3.05, 3.63) is 94.2 Å². The number of halogens is 2. The van der Waals surface area contributed by atoms with Crippen molar-refractivity contribution in [1.82, 2.24) is 14.8 Å². The molecule has 0 aliphatic heterocycles. The van der Waals surface area contributed by atoms with Crippen molar-refractivity contribution in [1.29, 1.82) is 0 Å². The van der Waals surface area contributed by atoms with E-state index in [1.54, 1.807) is 18.2 Å². The van der Waals surface area contributed by atoms with Crippen LogP contribution in [0.5, 0.6) is 5.75 Å². The third-order valence-corrected chi connectivity index (χ3v) is 6.33. The number of aromatic nitrogens is 3. The van der Waals surface area contributed by atoms with E-state index < -0.39 is 0 Å². The molecule has 3 aromatic carbocycles. The van der Waals surface area contributed by atoms with Gasteiger partial charge in [0.1, 0.15) is 11.6 Å². The van der Waals surface area contributed by atoms with Crippen LogP contribution in [0.3, 0.4) is 0 Å². The second-order valence-corrected chi connectivity index (χ2v) is 9.07. The molecule has 0 unspecified atom stereocenters. The highest BCUT2D eigenvalue weighted by atomic mass is 35.5. The Morgan fingerprint density at radius 1 is 1.03 bits per heavy atom. The maximum absolute atomic E-state index is 12.6. The number of hydrogen-bond acceptors (Lipinski definition) is 5. The van der Waals surface area contributed by atoms with E-state index in [0.29, 0.717) is 33.9 Å². The van der Waals surface area contributed by atoms with E-state index in [2.05, 4.69) is 15.5 Å². The predicted molar refractivity (Wildman–Crippen MR) is 138 cm³/mol. The highest BCUT2D eigenvalue weighted by molar-refractivity contribution is 7.99. The summed E-state index contributed by atoms with van der Waals surface area (Å²) < 4.78 is 7.54. The molecule has 0 radical (unpaired) electrons. The smallest absolute Gasteiger partial charge is 0.234 e. The zero-order valence-electron chi connectivity index (χ0n) is 18.4. The van der Waals surface area contributed by atoms with Gasteiger partial charge in [0.25, 0.3) is 0 Å². The summed E-state index contributed by atoms with van der Waals surface area (Å²) >= 11 is 13.4. The number of rotatable bonds is 9. The average molecular weight is 513 g/mol. The number of amides is 1. The molecule has 1 heterocycles. The van der Waals surface area contributed by atoms with Gasteiger partial charge in [-0.25, -0.2) is 0 Å². The average Bonchev–Trinajstić information content (AvgIpc) is 3.23. The lowest BCUT2D eigenvalue weighted by Gasteiger charge is -2.12. The Hall–Kier alpha value is -3.00. The third kappa shape index (κ3) is 6.11. The summed E-state index contributed by atoms with van der Waals surface area (Å²) in [6.07, 6.45) is 0.605. The van der Waals surface area contributed by atoms with E-state index in [0.717, 1.165) is 22.8 Å². The maximum Gasteiger partial charge on any atom is 0.234 e. The molecule has 1 aromatic heterocycles. The number of nitrogens with one attached hydrogen (secondary N) is 1. The molecule has 0 fully saturated rings. The van der Waals surface area contributed by atoms with Crippen LogP contribution in [0.2, 0.25) is 10.0 Å². The summed E-state index contributed by atoms with van der Waals surface area (Å²) in [6.45, 7) is 2.54. The third-order valence-electron chi connectivity index (χ3n) is 4.85. The zero-order chi connectivity index (χ0) is 23.9. The monoisotopic (exact) mass is 512 g/mol. The van der Waals surface area contributed by atoms with Crippen LogP contribution in [0.1, 0.15) is 18.3 Å². The number of carbonyl (C=O) groups excluding carboxylic acids is 1. The number of carbonyl (C=O) groups is 1. The Morgan fingerprint density at radius 3 is 2.50 bits per heavy atom. The first-order chi connectivity index (χ1) is 16.5. The fourth-order valence-electron chi connectivity index (χ4n) is 3.31. The molecule has 0 aliphatic carbocycles. The number of benzene rings is 3. The molecule has 0 bridgehead atoms. The van der Waals surface area contributed by atoms with Crippen molar-refractivity contribution >= 4 is 46.6 Å². The molecule has 34 heavy (non-hydrogen) atoms. The number of thioether (sulfide) groups is 1. The van der Waals surface area contributed by atoms with Gasteiger partial charge in [-0.15, -0.1) is 10.2 Å². The van der Waals surface area contributed by atoms with Crippen LogP contribution in [0, 0.1) is 0 Å². The number of anilines is 1. The van der Waals surface area contributed by atoms with Crippen molar-refractivity contribution in [2.45, 2.75) is 18.5 Å². The molecule has 9 heteroatoms. The van der Waals surface area contributed by atoms with Crippen LogP contribution in [0.4, 0.5) is 5.69 Å². The summed E-state index contributed by atoms with van der Waals surface area (Å²) in [5, 5.41) is 13.1. The molecule has 174 valence electrons. The van der Waals surface area contributed by atoms with E-state index in [-0.39, 0.29) is 11.7 Å². The first-order valence-corrected chi connectivity index (χ1v) is 12.4. The molecule has 0 saturated carbocycles. The largest absolute Gasteiger partial charge is 0.494 e. The summed E-state index contributed by atoms with van der Waals surface area (Å²) in [6, 6.07) is 22.7. The van der Waals surface area contributed by atoms with E-state index in [1.807, 2.05) is 66.1 Å². The van der Waals surface area contributed by atoms with Gasteiger partial charge in [0.05, 0.1) is 23.1 Å². The highest BCUT2D eigenvalue weighted by Crippen LogP contribution is 2.27. The predicted octanol–water partition coefficient (Wildman–Crippen LogP) is 6.29. The van der Waals surface area contributed by atoms with Gasteiger partial charge in [0, 0.05) is 17.1 Å². The minimum atomic E-state index is -0.208. The summed E-state index contributed by atoms with van der Waals surface area (Å²) in [7, 11) is 0. The molecule has 0 atom stereocenters. The topological polar surface area (TPSA) is 69.0 Å². The van der Waals surface area contributed by atoms with Gasteiger partial charge < -0.3 is 10.1 Å². The maximum atomic E-state index is 12.6. The molecule has 1 N–H and O–H groups in total. The Kier molecular flexibility index (Phi) is 8.11. The highest BCUT2D eigenvalue weighted by Gasteiger charge is 2.17. The minimum absolute atomic E-state index is 0.138. The Labute approximate surface area is 212 Å². The molecule has 4 aromatic rings. The fourth-order valence-corrected chi connectivity index (χ4v) is 4.54. The van der Waals surface area contributed by atoms with Crippen molar-refractivity contribution in [2.24, 2.45) is 0 Å². The van der Waals surface area contributed by atoms with Crippen molar-refractivity contribution in [3.8, 4) is 11.4 Å². The van der Waals surface area contributed by atoms with Crippen molar-refractivity contribution in [3.63, 3.8) is 0 Å². The second kappa shape index (κ2) is 11.4. The second-order valence-electron chi connectivity index (χ2n) is 7.28. The van der Waals surface area contributed by atoms with Gasteiger partial charge in [-0.05, 0) is 55.0 Å². The Balaban J connectivity index is 1.55. The van der Waals surface area contributed by atoms with Crippen LogP contribution in [0.15, 0.2) is 78.0 Å². The molecule has 0 spiro atoms. The van der Waals surface area contributed by atoms with Gasteiger partial charge in [-0.1, -0.05) is 65.3 Å². The molecular weight excluding hydrogens is 491 g/mol. The molecule has 4 rings (SSSR count). The quantitative estimate of drug-likeness (QED) is 0.266. The summed E-state index contributed by atoms with van der Waals surface area (Å²) in [4.78, 5) is 12.6. The molecule has 1 amide bonds. The lowest BCUT2D eigenvalue weighted by atomic mass is 10.1. The van der Waals surface area contributed by atoms with E-state index >= 15 is 0 Å². The first kappa shape index (κ1) is 24.1. The standard InChI is InChI=1S/C25H22Cl2N4O2S/c1-2-33-20-11-9-19(10-12-20)31-23(14-17-6-4-3-5-7-17)29-30-25(31)34-16-24(32)28-22-13-8-18(26)15-21(22)27/h3-13,15H,2,14,16H2,1H3,(H,28,32). The van der Waals surface area contributed by atoms with Crippen LogP contribution < -0.4 is 10.1 Å². The lowest BCUT2D eigenvalue weighted by Crippen LogP contribution is -2.15. The van der Waals surface area contributed by atoms with E-state index in [9.17, 15) is 4.79 Å². The molecule has 6 nitrogen and oxygen atoms in total. The molecular formula is C25H22Cl2N4O2S. The number of ether oxygens (including phenoxy) is 1. The molecule has 0 saturated heterocycles. The van der Waals surface area contributed by atoms with Gasteiger partial charge in [-0.3, -0.25) is 9.36 Å². The van der Waals surface area contributed by atoms with Gasteiger partial charge in [0.15, 0.2) is 5.16 Å². The lowest BCUT2D eigenvalue weighted by molar-refractivity contribution is -0.113. The van der Waals surface area contributed by atoms with Crippen LogP contribution in [-0.4, -0.2) is 33.0 Å². The van der Waals surface area contributed by atoms with Gasteiger partial charge >= 0.3 is 0 Å². The van der Waals surface area contributed by atoms with Crippen LogP contribution in [0.25, 0.3) is 5.69 Å².